The van der Waals surface area contributed by atoms with Gasteiger partial charge in [0.15, 0.2) is 12.2 Å². The Kier molecular flexibility index (Phi) is 7.44. The third-order valence-electron chi connectivity index (χ3n) is 2.57. The molecule has 0 spiro atoms. The minimum absolute atomic E-state index is 0.478. The summed E-state index contributed by atoms with van der Waals surface area (Å²) >= 11 is 0. The van der Waals surface area contributed by atoms with Crippen molar-refractivity contribution in [2.24, 2.45) is 5.73 Å². The first-order valence-electron chi connectivity index (χ1n) is 5.51. The van der Waals surface area contributed by atoms with Gasteiger partial charge >= 0.3 is 11.9 Å². The van der Waals surface area contributed by atoms with Crippen LogP contribution in [0.5, 0.6) is 0 Å². The summed E-state index contributed by atoms with van der Waals surface area (Å²) in [7, 11) is 2.14. The summed E-state index contributed by atoms with van der Waals surface area (Å²) in [6, 6.07) is 0.478. The van der Waals surface area contributed by atoms with Crippen molar-refractivity contribution < 1.29 is 30.0 Å². The standard InChI is InChI=1S/C6H14N2.C4H6O6/c1-8-4-2-6(7)3-5-8;5-1(3(7)8)2(6)4(9)10/h6H,2-5,7H2,1H3;1-2,5-6H,(H,7,8)(H,9,10). The van der Waals surface area contributed by atoms with Gasteiger partial charge in [0.1, 0.15) is 0 Å². The Bertz CT molecular complexity index is 250. The number of nitrogens with two attached hydrogens (primary N) is 1. The number of likely N-dealkylation sites (tertiary alicyclic amines) is 1. The number of carboxylic acid groups (broad SMARTS) is 2. The zero-order valence-electron chi connectivity index (χ0n) is 10.2. The molecule has 106 valence electrons. The average Bonchev–Trinajstić information content (AvgIpc) is 2.31. The molecule has 1 rings (SSSR count). The molecule has 0 aromatic rings. The third kappa shape index (κ3) is 6.50. The summed E-state index contributed by atoms with van der Waals surface area (Å²) in [5.74, 6) is -3.54. The molecule has 1 aliphatic heterocycles. The average molecular weight is 264 g/mol. The van der Waals surface area contributed by atoms with E-state index in [1.807, 2.05) is 0 Å². The van der Waals surface area contributed by atoms with E-state index in [4.69, 9.17) is 26.2 Å². The molecule has 8 heteroatoms. The minimum atomic E-state index is -2.27. The Balaban J connectivity index is 0.000000327. The molecule has 1 aliphatic rings. The fourth-order valence-corrected chi connectivity index (χ4v) is 1.30. The maximum absolute atomic E-state index is 9.77. The van der Waals surface area contributed by atoms with Crippen molar-refractivity contribution in [3.8, 4) is 0 Å². The van der Waals surface area contributed by atoms with Gasteiger partial charge in [0.25, 0.3) is 0 Å². The van der Waals surface area contributed by atoms with E-state index in [1.165, 1.54) is 25.9 Å². The van der Waals surface area contributed by atoms with E-state index in [9.17, 15) is 9.59 Å². The molecule has 2 unspecified atom stereocenters. The highest BCUT2D eigenvalue weighted by molar-refractivity contribution is 5.83. The zero-order chi connectivity index (χ0) is 14.3. The molecule has 1 heterocycles. The van der Waals surface area contributed by atoms with Crippen LogP contribution in [0.4, 0.5) is 0 Å². The van der Waals surface area contributed by atoms with Crippen LogP contribution in [0.25, 0.3) is 0 Å². The number of aliphatic carboxylic acids is 2. The number of hydrogen-bond donors (Lipinski definition) is 5. The van der Waals surface area contributed by atoms with E-state index in [-0.39, 0.29) is 0 Å². The maximum atomic E-state index is 9.77. The zero-order valence-corrected chi connectivity index (χ0v) is 10.2. The monoisotopic (exact) mass is 264 g/mol. The van der Waals surface area contributed by atoms with Gasteiger partial charge in [-0.05, 0) is 33.0 Å². The van der Waals surface area contributed by atoms with Crippen LogP contribution in [0.1, 0.15) is 12.8 Å². The first kappa shape index (κ1) is 16.8. The highest BCUT2D eigenvalue weighted by atomic mass is 16.4. The van der Waals surface area contributed by atoms with Gasteiger partial charge in [-0.1, -0.05) is 0 Å². The largest absolute Gasteiger partial charge is 0.479 e. The van der Waals surface area contributed by atoms with E-state index in [2.05, 4.69) is 11.9 Å². The third-order valence-corrected chi connectivity index (χ3v) is 2.57. The van der Waals surface area contributed by atoms with E-state index in [0.29, 0.717) is 6.04 Å². The molecule has 18 heavy (non-hydrogen) atoms. The highest BCUT2D eigenvalue weighted by Crippen LogP contribution is 2.04. The Labute approximate surface area is 105 Å². The van der Waals surface area contributed by atoms with Crippen LogP contribution >= 0.6 is 0 Å². The van der Waals surface area contributed by atoms with Crippen LogP contribution in [0.3, 0.4) is 0 Å². The summed E-state index contributed by atoms with van der Waals surface area (Å²) in [5, 5.41) is 32.5. The Hall–Kier alpha value is -1.22. The number of piperidine rings is 1. The molecular formula is C10H20N2O6. The van der Waals surface area contributed by atoms with Crippen molar-refractivity contribution in [3.05, 3.63) is 0 Å². The molecule has 6 N–H and O–H groups in total. The molecule has 0 aromatic heterocycles. The lowest BCUT2D eigenvalue weighted by molar-refractivity contribution is -0.165. The molecule has 0 saturated carbocycles. The smallest absolute Gasteiger partial charge is 0.335 e. The van der Waals surface area contributed by atoms with Gasteiger partial charge in [-0.15, -0.1) is 0 Å². The Morgan fingerprint density at radius 2 is 1.44 bits per heavy atom. The van der Waals surface area contributed by atoms with Gasteiger partial charge in [0, 0.05) is 6.04 Å². The predicted molar refractivity (Wildman–Crippen MR) is 62.0 cm³/mol. The summed E-state index contributed by atoms with van der Waals surface area (Å²) in [5.41, 5.74) is 5.67. The lowest BCUT2D eigenvalue weighted by Crippen LogP contribution is -2.39. The lowest BCUT2D eigenvalue weighted by Gasteiger charge is -2.25. The van der Waals surface area contributed by atoms with Crippen molar-refractivity contribution in [2.75, 3.05) is 20.1 Å². The summed E-state index contributed by atoms with van der Waals surface area (Å²) in [4.78, 5) is 21.9. The number of aliphatic hydroxyl groups is 2. The van der Waals surface area contributed by atoms with Crippen LogP contribution in [-0.2, 0) is 9.59 Å². The van der Waals surface area contributed by atoms with E-state index in [0.717, 1.165) is 0 Å². The molecule has 0 amide bonds. The second-order valence-corrected chi connectivity index (χ2v) is 4.21. The fourth-order valence-electron chi connectivity index (χ4n) is 1.30. The lowest BCUT2D eigenvalue weighted by atomic mass is 10.1. The van der Waals surface area contributed by atoms with Crippen molar-refractivity contribution in [3.63, 3.8) is 0 Å². The molecule has 0 bridgehead atoms. The number of nitrogens with zero attached hydrogens (tertiary/aromatic N) is 1. The van der Waals surface area contributed by atoms with Crippen molar-refractivity contribution >= 4 is 11.9 Å². The highest BCUT2D eigenvalue weighted by Gasteiger charge is 2.29. The van der Waals surface area contributed by atoms with Crippen molar-refractivity contribution in [1.29, 1.82) is 0 Å². The number of rotatable bonds is 3. The molecule has 2 atom stereocenters. The Morgan fingerprint density at radius 1 is 1.11 bits per heavy atom. The van der Waals surface area contributed by atoms with Crippen molar-refractivity contribution in [1.82, 2.24) is 4.90 Å². The van der Waals surface area contributed by atoms with Gasteiger partial charge in [0.05, 0.1) is 0 Å². The summed E-state index contributed by atoms with van der Waals surface area (Å²) in [6.45, 7) is 2.36. The molecule has 0 aromatic carbocycles. The SMILES string of the molecule is CN1CCC(N)CC1.O=C(O)C(O)C(O)C(=O)O. The molecule has 8 nitrogen and oxygen atoms in total. The van der Waals surface area contributed by atoms with E-state index in [1.54, 1.807) is 0 Å². The van der Waals surface area contributed by atoms with Crippen molar-refractivity contribution in [2.45, 2.75) is 31.1 Å². The van der Waals surface area contributed by atoms with E-state index < -0.39 is 24.1 Å². The van der Waals surface area contributed by atoms with E-state index >= 15 is 0 Å². The normalized spacial score (nSPS) is 20.4. The summed E-state index contributed by atoms with van der Waals surface area (Å²) in [6.07, 6.45) is -2.18. The van der Waals surface area contributed by atoms with Gasteiger partial charge < -0.3 is 31.1 Å². The van der Waals surface area contributed by atoms with Crippen LogP contribution in [0.2, 0.25) is 0 Å². The molecule has 0 radical (unpaired) electrons. The van der Waals surface area contributed by atoms with Crippen LogP contribution < -0.4 is 5.73 Å². The summed E-state index contributed by atoms with van der Waals surface area (Å²) < 4.78 is 0. The first-order valence-corrected chi connectivity index (χ1v) is 5.51. The van der Waals surface area contributed by atoms with Crippen LogP contribution in [-0.4, -0.2) is 75.7 Å². The first-order chi connectivity index (χ1) is 8.25. The second-order valence-electron chi connectivity index (χ2n) is 4.21. The maximum Gasteiger partial charge on any atom is 0.335 e. The number of aliphatic hydroxyl groups excluding tert-OH is 2. The fraction of sp³-hybridized carbons (Fsp3) is 0.800. The number of carboxylic acids is 2. The van der Waals surface area contributed by atoms with Crippen LogP contribution in [0.15, 0.2) is 0 Å². The molecular weight excluding hydrogens is 244 g/mol. The van der Waals surface area contributed by atoms with Gasteiger partial charge in [0.2, 0.25) is 0 Å². The van der Waals surface area contributed by atoms with Gasteiger partial charge in [-0.3, -0.25) is 0 Å². The minimum Gasteiger partial charge on any atom is -0.479 e. The second kappa shape index (κ2) is 7.98. The predicted octanol–water partition coefficient (Wildman–Crippen LogP) is -2.08. The Morgan fingerprint density at radius 3 is 1.67 bits per heavy atom. The molecule has 0 aliphatic carbocycles. The van der Waals surface area contributed by atoms with Gasteiger partial charge in [-0.2, -0.15) is 0 Å². The quantitative estimate of drug-likeness (QED) is 0.390. The molecule has 1 fully saturated rings. The van der Waals surface area contributed by atoms with Crippen LogP contribution in [0, 0.1) is 0 Å². The topological polar surface area (TPSA) is 144 Å². The number of hydrogen-bond acceptors (Lipinski definition) is 6. The van der Waals surface area contributed by atoms with Gasteiger partial charge in [-0.25, -0.2) is 9.59 Å². The molecule has 1 saturated heterocycles. The number of carbonyl (C=O) groups is 2.